The summed E-state index contributed by atoms with van der Waals surface area (Å²) in [5.41, 5.74) is 3.14. The molecule has 63 heavy (non-hydrogen) atoms. The Morgan fingerprint density at radius 3 is 2.10 bits per heavy atom. The fraction of sp³-hybridized carbons (Fsp3) is 0.347. The molecule has 2 atom stereocenters. The maximum atomic E-state index is 15.3. The van der Waals surface area contributed by atoms with Crippen molar-refractivity contribution in [1.29, 1.82) is 0 Å². The number of aromatic nitrogens is 1. The molecule has 14 heteroatoms. The first kappa shape index (κ1) is 47.8. The molecule has 4 amide bonds. The molecule has 5 rings (SSSR count). The predicted molar refractivity (Wildman–Crippen MR) is 245 cm³/mol. The molecule has 0 radical (unpaired) electrons. The van der Waals surface area contributed by atoms with Gasteiger partial charge in [-0.05, 0) is 84.5 Å². The van der Waals surface area contributed by atoms with Gasteiger partial charge in [-0.25, -0.2) is 18.4 Å². The number of amides is 4. The van der Waals surface area contributed by atoms with Crippen LogP contribution >= 0.6 is 0 Å². The van der Waals surface area contributed by atoms with E-state index in [1.54, 1.807) is 35.4 Å². The molecule has 1 heterocycles. The highest BCUT2D eigenvalue weighted by Crippen LogP contribution is 2.42. The molecule has 0 aliphatic heterocycles. The number of nitrogens with one attached hydrogen (secondary N) is 3. The molecule has 0 unspecified atom stereocenters. The van der Waals surface area contributed by atoms with Gasteiger partial charge < -0.3 is 34.9 Å². The van der Waals surface area contributed by atoms with Gasteiger partial charge in [-0.15, -0.1) is 0 Å². The van der Waals surface area contributed by atoms with Crippen LogP contribution < -0.4 is 16.0 Å². The third-order valence-electron chi connectivity index (χ3n) is 10.3. The number of carbonyl (C=O) groups excluding carboxylic acids is 4. The van der Waals surface area contributed by atoms with Crippen LogP contribution in [0.5, 0.6) is 0 Å². The summed E-state index contributed by atoms with van der Waals surface area (Å²) < 4.78 is 42.6. The van der Waals surface area contributed by atoms with Crippen LogP contribution in [0.4, 0.5) is 24.1 Å². The van der Waals surface area contributed by atoms with Crippen molar-refractivity contribution in [2.24, 2.45) is 5.41 Å². The fourth-order valence-corrected chi connectivity index (χ4v) is 7.73. The molecule has 3 N–H and O–H groups in total. The molecule has 0 saturated carbocycles. The van der Waals surface area contributed by atoms with Gasteiger partial charge in [0.05, 0.1) is 12.6 Å². The molecular weight excluding hydrogens is 821 g/mol. The van der Waals surface area contributed by atoms with Crippen molar-refractivity contribution in [3.63, 3.8) is 0 Å². The van der Waals surface area contributed by atoms with Gasteiger partial charge in [0.25, 0.3) is 5.91 Å². The lowest BCUT2D eigenvalue weighted by atomic mass is 9.82. The van der Waals surface area contributed by atoms with Gasteiger partial charge in [-0.2, -0.15) is 0 Å². The highest BCUT2D eigenvalue weighted by atomic mass is 28.3. The smallest absolute Gasteiger partial charge is 0.408 e. The van der Waals surface area contributed by atoms with Crippen LogP contribution in [0.2, 0.25) is 25.7 Å². The van der Waals surface area contributed by atoms with Crippen LogP contribution in [-0.2, 0) is 27.4 Å². The minimum Gasteiger partial charge on any atom is -0.450 e. The monoisotopic (exact) mass is 879 g/mol. The van der Waals surface area contributed by atoms with E-state index >= 15 is 4.39 Å². The third kappa shape index (κ3) is 14.4. The van der Waals surface area contributed by atoms with Crippen LogP contribution in [-0.4, -0.2) is 67.3 Å². The van der Waals surface area contributed by atoms with Crippen molar-refractivity contribution in [2.75, 3.05) is 25.0 Å². The van der Waals surface area contributed by atoms with Gasteiger partial charge >= 0.3 is 12.2 Å². The standard InChI is InChI=1S/C49H59F2N5O6Si/c1-34(53-48(60)62-33-36-17-12-9-13-18-36)45(57)54-40-22-19-37(20-23-40)46(58)56(26-14-25-52-47(59)61-27-28-63(5,6)7)44(49(2,3)4)43-29-38(41-30-39(50)21-24-42(41)51)32-55(43)31-35-15-10-8-11-16-35/h8-13,15-24,29-30,32,34,44H,14,25-28,31,33H2,1-7H3,(H,52,59)(H,53,60)(H,54,57)/t34-,44-/m0/s1. The Morgan fingerprint density at radius 1 is 0.810 bits per heavy atom. The molecule has 11 nitrogen and oxygen atoms in total. The van der Waals surface area contributed by atoms with E-state index in [0.717, 1.165) is 29.3 Å². The highest BCUT2D eigenvalue weighted by Gasteiger charge is 2.37. The molecule has 334 valence electrons. The maximum absolute atomic E-state index is 15.3. The van der Waals surface area contributed by atoms with Gasteiger partial charge in [-0.1, -0.05) is 101 Å². The Bertz CT molecular complexity index is 2310. The van der Waals surface area contributed by atoms with Crippen molar-refractivity contribution >= 4 is 37.8 Å². The Kier molecular flexibility index (Phi) is 16.4. The Morgan fingerprint density at radius 2 is 1.46 bits per heavy atom. The first-order chi connectivity index (χ1) is 29.9. The summed E-state index contributed by atoms with van der Waals surface area (Å²) in [6.07, 6.45) is 0.894. The zero-order valence-corrected chi connectivity index (χ0v) is 38.2. The quantitative estimate of drug-likeness (QED) is 0.0593. The van der Waals surface area contributed by atoms with E-state index in [2.05, 4.69) is 35.6 Å². The lowest BCUT2D eigenvalue weighted by Crippen LogP contribution is -2.43. The number of benzene rings is 4. The summed E-state index contributed by atoms with van der Waals surface area (Å²) in [6, 6.07) is 29.8. The topological polar surface area (TPSA) is 131 Å². The number of rotatable bonds is 18. The van der Waals surface area contributed by atoms with Crippen LogP contribution in [0.25, 0.3) is 11.1 Å². The average Bonchev–Trinajstić information content (AvgIpc) is 3.63. The molecule has 0 aliphatic carbocycles. The van der Waals surface area contributed by atoms with Gasteiger partial charge in [0.1, 0.15) is 24.3 Å². The number of alkyl carbamates (subject to hydrolysis) is 2. The van der Waals surface area contributed by atoms with Crippen molar-refractivity contribution < 1.29 is 37.4 Å². The molecule has 1 aromatic heterocycles. The molecule has 5 aromatic rings. The lowest BCUT2D eigenvalue weighted by Gasteiger charge is -2.41. The van der Waals surface area contributed by atoms with Crippen LogP contribution in [0.1, 0.15) is 67.3 Å². The third-order valence-corrected chi connectivity index (χ3v) is 12.0. The minimum absolute atomic E-state index is 0.0526. The molecule has 0 spiro atoms. The Balaban J connectivity index is 1.41. The average molecular weight is 880 g/mol. The normalized spacial score (nSPS) is 12.5. The van der Waals surface area contributed by atoms with Crippen molar-refractivity contribution in [2.45, 2.75) is 85.0 Å². The Labute approximate surface area is 370 Å². The zero-order chi connectivity index (χ0) is 45.7. The molecule has 0 bridgehead atoms. The van der Waals surface area contributed by atoms with Crippen LogP contribution in [0, 0.1) is 17.0 Å². The second-order valence-electron chi connectivity index (χ2n) is 17.9. The van der Waals surface area contributed by atoms with Gasteiger partial charge in [0.2, 0.25) is 5.91 Å². The lowest BCUT2D eigenvalue weighted by molar-refractivity contribution is -0.117. The number of hydrogen-bond acceptors (Lipinski definition) is 6. The molecular formula is C49H59F2N5O6Si. The first-order valence-electron chi connectivity index (χ1n) is 21.2. The summed E-state index contributed by atoms with van der Waals surface area (Å²) in [5, 5.41) is 8.13. The highest BCUT2D eigenvalue weighted by molar-refractivity contribution is 6.76. The van der Waals surface area contributed by atoms with Crippen molar-refractivity contribution in [3.05, 3.63) is 149 Å². The number of hydrogen-bond donors (Lipinski definition) is 3. The number of ether oxygens (including phenoxy) is 2. The van der Waals surface area contributed by atoms with E-state index < -0.39 is 55.3 Å². The summed E-state index contributed by atoms with van der Waals surface area (Å²) in [4.78, 5) is 54.7. The molecule has 0 fully saturated rings. The number of anilines is 1. The number of halogens is 2. The predicted octanol–water partition coefficient (Wildman–Crippen LogP) is 10.4. The molecule has 0 aliphatic rings. The van der Waals surface area contributed by atoms with Crippen LogP contribution in [0.3, 0.4) is 0 Å². The van der Waals surface area contributed by atoms with E-state index in [-0.39, 0.29) is 31.2 Å². The largest absolute Gasteiger partial charge is 0.450 e. The van der Waals surface area contributed by atoms with Gasteiger partial charge in [0.15, 0.2) is 0 Å². The minimum atomic E-state index is -1.41. The summed E-state index contributed by atoms with van der Waals surface area (Å²) in [7, 11) is -1.41. The first-order valence-corrected chi connectivity index (χ1v) is 24.9. The fourth-order valence-electron chi connectivity index (χ4n) is 7.02. The van der Waals surface area contributed by atoms with E-state index in [0.29, 0.717) is 42.1 Å². The number of carbonyl (C=O) groups is 4. The molecule has 4 aromatic carbocycles. The van der Waals surface area contributed by atoms with E-state index in [1.165, 1.54) is 13.0 Å². The van der Waals surface area contributed by atoms with E-state index in [1.807, 2.05) is 92.1 Å². The summed E-state index contributed by atoms with van der Waals surface area (Å²) >= 11 is 0. The summed E-state index contributed by atoms with van der Waals surface area (Å²) in [5.74, 6) is -1.97. The van der Waals surface area contributed by atoms with Crippen molar-refractivity contribution in [1.82, 2.24) is 20.1 Å². The zero-order valence-electron chi connectivity index (χ0n) is 37.2. The summed E-state index contributed by atoms with van der Waals surface area (Å²) in [6.45, 7) is 15.4. The second kappa shape index (κ2) is 21.7. The number of nitrogens with zero attached hydrogens (tertiary/aromatic N) is 2. The van der Waals surface area contributed by atoms with Gasteiger partial charge in [-0.3, -0.25) is 9.59 Å². The van der Waals surface area contributed by atoms with E-state index in [4.69, 9.17) is 9.47 Å². The second-order valence-corrected chi connectivity index (χ2v) is 23.5. The van der Waals surface area contributed by atoms with Crippen LogP contribution in [0.15, 0.2) is 115 Å². The van der Waals surface area contributed by atoms with Crippen molar-refractivity contribution in [3.8, 4) is 11.1 Å². The van der Waals surface area contributed by atoms with Gasteiger partial charge in [0, 0.05) is 62.0 Å². The van der Waals surface area contributed by atoms with E-state index in [9.17, 15) is 23.6 Å². The molecule has 0 saturated heterocycles. The maximum Gasteiger partial charge on any atom is 0.408 e. The Hall–Kier alpha value is -6.28. The SMILES string of the molecule is C[C@H](NC(=O)OCc1ccccc1)C(=O)Nc1ccc(C(=O)N(CCCNC(=O)OCC[Si](C)(C)C)[C@@H](c2cc(-c3cc(F)ccc3F)cn2Cc2ccccc2)C(C)(C)C)cc1.